The third-order valence-corrected chi connectivity index (χ3v) is 5.35. The van der Waals surface area contributed by atoms with Crippen LogP contribution >= 0.6 is 0 Å². The van der Waals surface area contributed by atoms with Gasteiger partial charge in [0, 0.05) is 16.8 Å². The summed E-state index contributed by atoms with van der Waals surface area (Å²) in [5.41, 5.74) is 0.0315. The molecule has 0 amide bonds. The first kappa shape index (κ1) is 18.7. The quantitative estimate of drug-likeness (QED) is 0.283. The molecule has 8 nitrogen and oxygen atoms in total. The lowest BCUT2D eigenvalue weighted by molar-refractivity contribution is 0.453. The van der Waals surface area contributed by atoms with Gasteiger partial charge in [0.2, 0.25) is 0 Å². The van der Waals surface area contributed by atoms with Gasteiger partial charge in [-0.2, -0.15) is 8.42 Å². The van der Waals surface area contributed by atoms with Crippen molar-refractivity contribution in [3.8, 4) is 17.2 Å². The molecule has 4 N–H and O–H groups in total. The fourth-order valence-electron chi connectivity index (χ4n) is 3.20. The highest BCUT2D eigenvalue weighted by Crippen LogP contribution is 2.45. The molecule has 0 bridgehead atoms. The Kier molecular flexibility index (Phi) is 4.33. The number of rotatable bonds is 3. The molecule has 4 aromatic rings. The van der Waals surface area contributed by atoms with Gasteiger partial charge in [0.25, 0.3) is 10.1 Å². The minimum atomic E-state index is -4.51. The molecule has 0 aliphatic heterocycles. The number of aromatic hydroxyl groups is 3. The van der Waals surface area contributed by atoms with Crippen LogP contribution in [0.5, 0.6) is 17.2 Å². The molecule has 0 saturated heterocycles. The smallest absolute Gasteiger partial charge is 0.295 e. The van der Waals surface area contributed by atoms with E-state index in [0.717, 1.165) is 6.07 Å². The van der Waals surface area contributed by atoms with Crippen LogP contribution in [0.15, 0.2) is 75.8 Å². The second-order valence-electron chi connectivity index (χ2n) is 6.27. The van der Waals surface area contributed by atoms with E-state index in [1.807, 2.05) is 0 Å². The highest BCUT2D eigenvalue weighted by molar-refractivity contribution is 7.86. The molecule has 0 fully saturated rings. The van der Waals surface area contributed by atoms with Crippen molar-refractivity contribution in [2.75, 3.05) is 0 Å². The van der Waals surface area contributed by atoms with Gasteiger partial charge in [0.05, 0.1) is 11.1 Å². The van der Waals surface area contributed by atoms with Crippen LogP contribution in [0.4, 0.5) is 11.4 Å². The molecule has 0 atom stereocenters. The zero-order valence-electron chi connectivity index (χ0n) is 14.7. The number of benzene rings is 4. The summed E-state index contributed by atoms with van der Waals surface area (Å²) in [5, 5.41) is 39.5. The number of fused-ring (bicyclic) bond motifs is 2. The van der Waals surface area contributed by atoms with E-state index in [9.17, 15) is 28.3 Å². The first-order valence-electron chi connectivity index (χ1n) is 8.35. The maximum absolute atomic E-state index is 11.8. The molecule has 146 valence electrons. The van der Waals surface area contributed by atoms with Gasteiger partial charge in [-0.3, -0.25) is 4.55 Å². The van der Waals surface area contributed by atoms with E-state index >= 15 is 0 Å². The van der Waals surface area contributed by atoms with Crippen molar-refractivity contribution in [2.24, 2.45) is 10.2 Å². The van der Waals surface area contributed by atoms with Gasteiger partial charge >= 0.3 is 0 Å². The minimum Gasteiger partial charge on any atom is -0.507 e. The summed E-state index contributed by atoms with van der Waals surface area (Å²) < 4.78 is 33.1. The summed E-state index contributed by atoms with van der Waals surface area (Å²) >= 11 is 0. The van der Waals surface area contributed by atoms with Crippen LogP contribution in [0.2, 0.25) is 0 Å². The van der Waals surface area contributed by atoms with Gasteiger partial charge in [-0.05, 0) is 23.6 Å². The fourth-order valence-corrected chi connectivity index (χ4v) is 3.93. The first-order valence-corrected chi connectivity index (χ1v) is 9.79. The van der Waals surface area contributed by atoms with E-state index in [0.29, 0.717) is 5.39 Å². The highest BCUT2D eigenvalue weighted by Gasteiger charge is 2.18. The normalized spacial score (nSPS) is 12.2. The van der Waals surface area contributed by atoms with Gasteiger partial charge in [-0.25, -0.2) is 0 Å². The Bertz CT molecular complexity index is 1410. The van der Waals surface area contributed by atoms with E-state index in [1.165, 1.54) is 36.4 Å². The zero-order valence-corrected chi connectivity index (χ0v) is 15.5. The SMILES string of the molecule is O=S(=O)(O)c1cccc2cccc(N=Nc3c(O)cc(O)c4cccc(O)c34)c12. The molecular weight excluding hydrogens is 396 g/mol. The van der Waals surface area contributed by atoms with Crippen LogP contribution in [-0.2, 0) is 10.1 Å². The number of phenols is 3. The molecule has 0 unspecified atom stereocenters. The van der Waals surface area contributed by atoms with Crippen molar-refractivity contribution in [3.63, 3.8) is 0 Å². The Morgan fingerprint density at radius 1 is 0.724 bits per heavy atom. The molecule has 4 aromatic carbocycles. The summed E-state index contributed by atoms with van der Waals surface area (Å²) in [5.74, 6) is -0.888. The molecule has 0 saturated carbocycles. The predicted octanol–water partition coefficient (Wildman–Crippen LogP) is 4.77. The highest BCUT2D eigenvalue weighted by atomic mass is 32.2. The van der Waals surface area contributed by atoms with E-state index < -0.39 is 15.9 Å². The van der Waals surface area contributed by atoms with Crippen LogP contribution in [0.3, 0.4) is 0 Å². The van der Waals surface area contributed by atoms with Crippen LogP contribution in [0.1, 0.15) is 0 Å². The third kappa shape index (κ3) is 3.22. The largest absolute Gasteiger partial charge is 0.507 e. The van der Waals surface area contributed by atoms with Crippen LogP contribution in [0, 0.1) is 0 Å². The Morgan fingerprint density at radius 3 is 2.14 bits per heavy atom. The summed E-state index contributed by atoms with van der Waals surface area (Å²) in [6.45, 7) is 0. The van der Waals surface area contributed by atoms with E-state index in [4.69, 9.17) is 0 Å². The Balaban J connectivity index is 1.98. The fraction of sp³-hybridized carbons (Fsp3) is 0. The lowest BCUT2D eigenvalue weighted by Gasteiger charge is -2.09. The van der Waals surface area contributed by atoms with Gasteiger partial charge in [0.15, 0.2) is 0 Å². The molecule has 9 heteroatoms. The molecule has 0 aliphatic rings. The average Bonchev–Trinajstić information content (AvgIpc) is 2.67. The van der Waals surface area contributed by atoms with Gasteiger partial charge in [-0.15, -0.1) is 10.2 Å². The average molecular weight is 410 g/mol. The molecule has 0 heterocycles. The number of nitrogens with zero attached hydrogens (tertiary/aromatic N) is 2. The number of phenolic OH excluding ortho intramolecular Hbond substituents is 3. The third-order valence-electron chi connectivity index (χ3n) is 4.45. The maximum Gasteiger partial charge on any atom is 0.295 e. The maximum atomic E-state index is 11.8. The van der Waals surface area contributed by atoms with Crippen molar-refractivity contribution in [1.82, 2.24) is 0 Å². The second-order valence-corrected chi connectivity index (χ2v) is 7.66. The molecule has 29 heavy (non-hydrogen) atoms. The van der Waals surface area contributed by atoms with E-state index in [2.05, 4.69) is 10.2 Å². The van der Waals surface area contributed by atoms with Crippen LogP contribution in [0.25, 0.3) is 21.5 Å². The molecule has 0 aliphatic carbocycles. The second kappa shape index (κ2) is 6.73. The predicted molar refractivity (Wildman–Crippen MR) is 107 cm³/mol. The minimum absolute atomic E-state index is 0.0870. The lowest BCUT2D eigenvalue weighted by atomic mass is 10.1. The first-order chi connectivity index (χ1) is 13.8. The van der Waals surface area contributed by atoms with Crippen molar-refractivity contribution in [2.45, 2.75) is 4.90 Å². The zero-order chi connectivity index (χ0) is 20.8. The van der Waals surface area contributed by atoms with Gasteiger partial charge in [-0.1, -0.05) is 36.4 Å². The summed E-state index contributed by atoms with van der Waals surface area (Å²) in [4.78, 5) is -0.327. The van der Waals surface area contributed by atoms with Crippen LogP contribution in [-0.4, -0.2) is 28.3 Å². The number of hydrogen-bond donors (Lipinski definition) is 4. The molecule has 0 aromatic heterocycles. The van der Waals surface area contributed by atoms with E-state index in [-0.39, 0.29) is 43.9 Å². The summed E-state index contributed by atoms with van der Waals surface area (Å²) in [6, 6.07) is 14.7. The topological polar surface area (TPSA) is 140 Å². The Morgan fingerprint density at radius 2 is 1.41 bits per heavy atom. The van der Waals surface area contributed by atoms with Crippen molar-refractivity contribution in [1.29, 1.82) is 0 Å². The summed E-state index contributed by atoms with van der Waals surface area (Å²) in [6.07, 6.45) is 0. The lowest BCUT2D eigenvalue weighted by Crippen LogP contribution is -1.98. The Labute approximate surface area is 164 Å². The van der Waals surface area contributed by atoms with Crippen LogP contribution < -0.4 is 0 Å². The Hall–Kier alpha value is -3.69. The van der Waals surface area contributed by atoms with Crippen molar-refractivity contribution in [3.05, 3.63) is 60.7 Å². The molecule has 0 spiro atoms. The number of azo groups is 1. The van der Waals surface area contributed by atoms with E-state index in [1.54, 1.807) is 18.2 Å². The van der Waals surface area contributed by atoms with Gasteiger partial charge in [0.1, 0.15) is 27.8 Å². The van der Waals surface area contributed by atoms with Crippen molar-refractivity contribution < 1.29 is 28.3 Å². The molecule has 4 rings (SSSR count). The van der Waals surface area contributed by atoms with Crippen molar-refractivity contribution >= 4 is 43.0 Å². The standard InChI is InChI=1S/C20H14N2O6S/c23-14-8-3-6-12-15(24)10-16(25)20(19(12)14)22-21-13-7-1-4-11-5-2-9-17(18(11)13)29(26,27)28/h1-10,23-25H,(H,26,27,28). The molecular formula is C20H14N2O6S. The summed E-state index contributed by atoms with van der Waals surface area (Å²) in [7, 11) is -4.51. The number of hydrogen-bond acceptors (Lipinski definition) is 7. The molecule has 0 radical (unpaired) electrons. The monoisotopic (exact) mass is 410 g/mol. The van der Waals surface area contributed by atoms with Gasteiger partial charge < -0.3 is 15.3 Å².